The van der Waals surface area contributed by atoms with Crippen LogP contribution in [0.2, 0.25) is 0 Å². The molecule has 1 saturated heterocycles. The number of pyridine rings is 1. The van der Waals surface area contributed by atoms with Gasteiger partial charge in [-0.25, -0.2) is 19.3 Å². The van der Waals surface area contributed by atoms with E-state index in [4.69, 9.17) is 9.97 Å². The van der Waals surface area contributed by atoms with Gasteiger partial charge in [-0.1, -0.05) is 19.1 Å². The Labute approximate surface area is 227 Å². The summed E-state index contributed by atoms with van der Waals surface area (Å²) in [5.41, 5.74) is 4.74. The Morgan fingerprint density at radius 3 is 2.77 bits per heavy atom. The minimum Gasteiger partial charge on any atom is -0.384 e. The second kappa shape index (κ2) is 10.1. The lowest BCUT2D eigenvalue weighted by Crippen LogP contribution is -2.43. The van der Waals surface area contributed by atoms with E-state index in [1.54, 1.807) is 21.6 Å². The number of allylic oxidation sites excluding steroid dienone is 5. The fraction of sp³-hybridized carbons (Fsp3) is 0.448. The van der Waals surface area contributed by atoms with Crippen LogP contribution in [0.1, 0.15) is 50.8 Å². The summed E-state index contributed by atoms with van der Waals surface area (Å²) in [6.07, 6.45) is 9.28. The topological polar surface area (TPSA) is 113 Å². The summed E-state index contributed by atoms with van der Waals surface area (Å²) >= 11 is 0. The van der Waals surface area contributed by atoms with Gasteiger partial charge < -0.3 is 20.6 Å². The molecule has 3 N–H and O–H groups in total. The maximum atomic E-state index is 13.4. The smallest absolute Gasteiger partial charge is 0.278 e. The average molecular weight is 529 g/mol. The van der Waals surface area contributed by atoms with Crippen molar-refractivity contribution in [1.82, 2.24) is 34.5 Å². The third-order valence-electron chi connectivity index (χ3n) is 8.24. The van der Waals surface area contributed by atoms with Gasteiger partial charge in [0.15, 0.2) is 11.5 Å². The number of nitrogens with one attached hydrogen (secondary N) is 2. The maximum Gasteiger partial charge on any atom is 0.278 e. The first-order valence-electron chi connectivity index (χ1n) is 13.9. The summed E-state index contributed by atoms with van der Waals surface area (Å²) in [4.78, 5) is 30.0. The van der Waals surface area contributed by atoms with Gasteiger partial charge in [-0.2, -0.15) is 4.98 Å². The Kier molecular flexibility index (Phi) is 6.60. The van der Waals surface area contributed by atoms with E-state index >= 15 is 0 Å². The highest BCUT2D eigenvalue weighted by molar-refractivity contribution is 5.76. The lowest BCUT2D eigenvalue weighted by atomic mass is 9.98. The lowest BCUT2D eigenvalue weighted by molar-refractivity contribution is 0.0306. The predicted molar refractivity (Wildman–Crippen MR) is 152 cm³/mol. The van der Waals surface area contributed by atoms with Crippen molar-refractivity contribution in [3.05, 3.63) is 75.6 Å². The van der Waals surface area contributed by atoms with Crippen molar-refractivity contribution in [3.63, 3.8) is 0 Å². The molecule has 10 nitrogen and oxygen atoms in total. The molecule has 1 fully saturated rings. The van der Waals surface area contributed by atoms with Crippen LogP contribution < -0.4 is 16.2 Å². The third kappa shape index (κ3) is 4.47. The van der Waals surface area contributed by atoms with Crippen LogP contribution in [-0.4, -0.2) is 60.5 Å². The van der Waals surface area contributed by atoms with Gasteiger partial charge in [-0.3, -0.25) is 4.79 Å². The van der Waals surface area contributed by atoms with Crippen molar-refractivity contribution in [2.75, 3.05) is 31.5 Å². The number of aromatic nitrogens is 5. The molecule has 6 rings (SSSR count). The molecule has 0 bridgehead atoms. The van der Waals surface area contributed by atoms with Crippen molar-refractivity contribution in [3.8, 4) is 5.82 Å². The number of rotatable bonds is 7. The van der Waals surface area contributed by atoms with Crippen LogP contribution in [0.4, 0.5) is 5.95 Å². The second-order valence-electron chi connectivity index (χ2n) is 10.6. The minimum absolute atomic E-state index is 0.208. The highest BCUT2D eigenvalue weighted by Crippen LogP contribution is 2.38. The molecule has 3 aromatic heterocycles. The normalized spacial score (nSPS) is 21.3. The molecular weight excluding hydrogens is 492 g/mol. The van der Waals surface area contributed by atoms with Gasteiger partial charge in [0, 0.05) is 43.8 Å². The second-order valence-corrected chi connectivity index (χ2v) is 10.6. The Bertz CT molecular complexity index is 1560. The van der Waals surface area contributed by atoms with E-state index in [0.29, 0.717) is 47.9 Å². The Balaban J connectivity index is 1.39. The molecule has 0 spiro atoms. The summed E-state index contributed by atoms with van der Waals surface area (Å²) in [6.45, 7) is 12.4. The summed E-state index contributed by atoms with van der Waals surface area (Å²) in [6, 6.07) is 3.89. The van der Waals surface area contributed by atoms with Crippen LogP contribution in [0.25, 0.3) is 16.9 Å². The number of piperazine rings is 1. The van der Waals surface area contributed by atoms with E-state index in [1.807, 2.05) is 19.1 Å². The average Bonchev–Trinajstić information content (AvgIpc) is 3.43. The van der Waals surface area contributed by atoms with Crippen LogP contribution >= 0.6 is 0 Å². The molecule has 0 aromatic carbocycles. The molecule has 204 valence electrons. The number of aryl methyl sites for hydroxylation is 1. The number of anilines is 1. The first-order chi connectivity index (χ1) is 18.9. The van der Waals surface area contributed by atoms with Gasteiger partial charge in [-0.15, -0.1) is 6.58 Å². The quantitative estimate of drug-likeness (QED) is 0.401. The zero-order valence-corrected chi connectivity index (χ0v) is 22.7. The Hall–Kier alpha value is -3.76. The molecular formula is C29H36N8O2. The van der Waals surface area contributed by atoms with Gasteiger partial charge in [0.25, 0.3) is 5.56 Å². The highest BCUT2D eigenvalue weighted by atomic mass is 16.3. The van der Waals surface area contributed by atoms with Gasteiger partial charge in [0.1, 0.15) is 11.0 Å². The van der Waals surface area contributed by atoms with Crippen molar-refractivity contribution in [1.29, 1.82) is 0 Å². The molecule has 10 heteroatoms. The van der Waals surface area contributed by atoms with E-state index in [9.17, 15) is 9.90 Å². The highest BCUT2D eigenvalue weighted by Gasteiger charge is 2.37. The molecule has 3 aromatic rings. The van der Waals surface area contributed by atoms with Gasteiger partial charge >= 0.3 is 0 Å². The van der Waals surface area contributed by atoms with Crippen LogP contribution in [0.3, 0.4) is 0 Å². The van der Waals surface area contributed by atoms with E-state index in [1.165, 1.54) is 11.3 Å². The van der Waals surface area contributed by atoms with Crippen molar-refractivity contribution in [2.45, 2.75) is 58.1 Å². The number of hydrogen-bond acceptors (Lipinski definition) is 8. The fourth-order valence-electron chi connectivity index (χ4n) is 6.06. The molecule has 0 amide bonds. The first-order valence-corrected chi connectivity index (χ1v) is 13.9. The maximum absolute atomic E-state index is 13.4. The number of fused-ring (bicyclic) bond motifs is 2. The summed E-state index contributed by atoms with van der Waals surface area (Å²) < 4.78 is 3.29. The summed E-state index contributed by atoms with van der Waals surface area (Å²) in [7, 11) is 0. The minimum atomic E-state index is -0.956. The van der Waals surface area contributed by atoms with Crippen molar-refractivity contribution < 1.29 is 5.11 Å². The number of hydrogen-bond donors (Lipinski definition) is 3. The molecule has 0 saturated carbocycles. The molecule has 0 radical (unpaired) electrons. The van der Waals surface area contributed by atoms with Gasteiger partial charge in [-0.05, 0) is 62.3 Å². The molecule has 0 unspecified atom stereocenters. The Morgan fingerprint density at radius 2 is 2.03 bits per heavy atom. The molecule has 4 heterocycles. The molecule has 1 aliphatic heterocycles. The van der Waals surface area contributed by atoms with E-state index in [2.05, 4.69) is 40.1 Å². The van der Waals surface area contributed by atoms with Crippen LogP contribution in [0.5, 0.6) is 0 Å². The molecule has 39 heavy (non-hydrogen) atoms. The van der Waals surface area contributed by atoms with Crippen LogP contribution in [-0.2, 0) is 18.6 Å². The third-order valence-corrected chi connectivity index (χ3v) is 8.24. The van der Waals surface area contributed by atoms with Gasteiger partial charge in [0.05, 0.1) is 12.2 Å². The monoisotopic (exact) mass is 528 g/mol. The molecule has 3 aliphatic rings. The summed E-state index contributed by atoms with van der Waals surface area (Å²) in [5.74, 6) is 0.973. The van der Waals surface area contributed by atoms with E-state index in [-0.39, 0.29) is 5.56 Å². The fourth-order valence-corrected chi connectivity index (χ4v) is 6.06. The predicted octanol–water partition coefficient (Wildman–Crippen LogP) is 2.98. The SMILES string of the molecule is C=CCn1c(=O)c2cnc(NC3=CC(C)=C(N4CCNCC4)CC3)nc2n1-c1ccc2c(n1)[C@](O)(CC)CC2. The molecule has 1 atom stereocenters. The van der Waals surface area contributed by atoms with Crippen LogP contribution in [0, 0.1) is 0 Å². The summed E-state index contributed by atoms with van der Waals surface area (Å²) in [5, 5.41) is 18.4. The number of nitrogens with zero attached hydrogens (tertiary/aromatic N) is 6. The zero-order valence-electron chi connectivity index (χ0n) is 22.7. The standard InChI is InChI=1S/C29H36N8O2/c1-4-14-36-27(38)22-18-31-28(32-21-7-8-23(19(3)17-21)35-15-12-30-13-16-35)34-26(22)37(36)24-9-6-20-10-11-29(39,5-2)25(20)33-24/h4,6,9,17-18,30,39H,1,5,7-8,10-16H2,2-3H3,(H,31,32,34)/t29-/m0/s1. The number of aliphatic hydroxyl groups is 1. The van der Waals surface area contributed by atoms with Crippen molar-refractivity contribution in [2.24, 2.45) is 0 Å². The largest absolute Gasteiger partial charge is 0.384 e. The van der Waals surface area contributed by atoms with Crippen molar-refractivity contribution >= 4 is 17.0 Å². The zero-order chi connectivity index (χ0) is 27.1. The van der Waals surface area contributed by atoms with Crippen LogP contribution in [0.15, 0.2) is 58.8 Å². The van der Waals surface area contributed by atoms with E-state index in [0.717, 1.165) is 56.7 Å². The Morgan fingerprint density at radius 1 is 1.21 bits per heavy atom. The lowest BCUT2D eigenvalue weighted by Gasteiger charge is -2.34. The molecule has 2 aliphatic carbocycles. The first kappa shape index (κ1) is 25.5. The van der Waals surface area contributed by atoms with E-state index < -0.39 is 5.60 Å². The van der Waals surface area contributed by atoms with Gasteiger partial charge in [0.2, 0.25) is 5.95 Å².